The van der Waals surface area contributed by atoms with Crippen molar-refractivity contribution in [3.63, 3.8) is 0 Å². The lowest BCUT2D eigenvalue weighted by Gasteiger charge is -2.00. The Balaban J connectivity index is 2.06. The van der Waals surface area contributed by atoms with Crippen LogP contribution in [0.1, 0.15) is 34.9 Å². The summed E-state index contributed by atoms with van der Waals surface area (Å²) in [5.41, 5.74) is 3.88. The van der Waals surface area contributed by atoms with Gasteiger partial charge in [0.15, 0.2) is 0 Å². The molecule has 0 spiro atoms. The standard InChI is InChI=1S/C14H15NS2/c1-9-4-2-3-5-11(9)14-15-13(10-6-7-10)12(8-16)17-14/h2-5,10,16H,6-8H2,1H3. The van der Waals surface area contributed by atoms with Crippen LogP contribution in [0.2, 0.25) is 0 Å². The Morgan fingerprint density at radius 3 is 2.76 bits per heavy atom. The van der Waals surface area contributed by atoms with E-state index >= 15 is 0 Å². The first-order valence-electron chi connectivity index (χ1n) is 5.96. The van der Waals surface area contributed by atoms with Gasteiger partial charge in [0.25, 0.3) is 0 Å². The molecule has 0 unspecified atom stereocenters. The van der Waals surface area contributed by atoms with E-state index in [2.05, 4.69) is 43.8 Å². The lowest BCUT2D eigenvalue weighted by atomic mass is 10.1. The molecule has 0 bridgehead atoms. The molecule has 0 N–H and O–H groups in total. The average molecular weight is 261 g/mol. The van der Waals surface area contributed by atoms with Crippen molar-refractivity contribution in [1.29, 1.82) is 0 Å². The van der Waals surface area contributed by atoms with Gasteiger partial charge in [-0.25, -0.2) is 4.98 Å². The van der Waals surface area contributed by atoms with Crippen molar-refractivity contribution in [3.8, 4) is 10.6 Å². The minimum Gasteiger partial charge on any atom is -0.240 e. The zero-order chi connectivity index (χ0) is 11.8. The molecule has 0 saturated heterocycles. The number of aryl methyl sites for hydroxylation is 1. The Bertz CT molecular complexity index is 541. The Labute approximate surface area is 111 Å². The predicted molar refractivity (Wildman–Crippen MR) is 77.0 cm³/mol. The Hall–Kier alpha value is -0.800. The lowest BCUT2D eigenvalue weighted by molar-refractivity contribution is 1.03. The van der Waals surface area contributed by atoms with Gasteiger partial charge >= 0.3 is 0 Å². The monoisotopic (exact) mass is 261 g/mol. The molecule has 88 valence electrons. The summed E-state index contributed by atoms with van der Waals surface area (Å²) >= 11 is 6.23. The summed E-state index contributed by atoms with van der Waals surface area (Å²) in [6, 6.07) is 8.47. The molecule has 0 atom stereocenters. The molecule has 1 heterocycles. The zero-order valence-corrected chi connectivity index (χ0v) is 11.5. The van der Waals surface area contributed by atoms with E-state index in [0.717, 1.165) is 10.8 Å². The van der Waals surface area contributed by atoms with Crippen LogP contribution in [0.4, 0.5) is 0 Å². The average Bonchev–Trinajstić information content (AvgIpc) is 3.10. The predicted octanol–water partition coefficient (Wildman–Crippen LogP) is 4.43. The normalized spacial score (nSPS) is 15.2. The first-order valence-corrected chi connectivity index (χ1v) is 7.41. The van der Waals surface area contributed by atoms with E-state index in [9.17, 15) is 0 Å². The number of rotatable bonds is 3. The van der Waals surface area contributed by atoms with Crippen LogP contribution < -0.4 is 0 Å². The molecule has 0 aliphatic heterocycles. The smallest absolute Gasteiger partial charge is 0.124 e. The van der Waals surface area contributed by atoms with Gasteiger partial charge in [0, 0.05) is 22.1 Å². The Morgan fingerprint density at radius 2 is 2.12 bits per heavy atom. The molecule has 1 fully saturated rings. The fraction of sp³-hybridized carbons (Fsp3) is 0.357. The summed E-state index contributed by atoms with van der Waals surface area (Å²) in [7, 11) is 0. The van der Waals surface area contributed by atoms with Gasteiger partial charge in [0.05, 0.1) is 5.69 Å². The van der Waals surface area contributed by atoms with Crippen molar-refractivity contribution >= 4 is 24.0 Å². The number of thiazole rings is 1. The van der Waals surface area contributed by atoms with Gasteiger partial charge in [-0.2, -0.15) is 12.6 Å². The van der Waals surface area contributed by atoms with E-state index in [1.165, 1.54) is 34.5 Å². The fourth-order valence-electron chi connectivity index (χ4n) is 2.08. The van der Waals surface area contributed by atoms with Crippen LogP contribution >= 0.6 is 24.0 Å². The molecule has 1 aromatic heterocycles. The van der Waals surface area contributed by atoms with Gasteiger partial charge in [0.1, 0.15) is 5.01 Å². The summed E-state index contributed by atoms with van der Waals surface area (Å²) in [5, 5.41) is 1.16. The van der Waals surface area contributed by atoms with E-state index in [0.29, 0.717) is 5.92 Å². The summed E-state index contributed by atoms with van der Waals surface area (Å²) in [4.78, 5) is 6.20. The van der Waals surface area contributed by atoms with Crippen LogP contribution in [0, 0.1) is 6.92 Å². The molecular formula is C14H15NS2. The molecule has 1 saturated carbocycles. The summed E-state index contributed by atoms with van der Waals surface area (Å²) in [6.45, 7) is 2.15. The van der Waals surface area contributed by atoms with Crippen LogP contribution in [0.3, 0.4) is 0 Å². The van der Waals surface area contributed by atoms with Crippen LogP contribution in [0.25, 0.3) is 10.6 Å². The highest BCUT2D eigenvalue weighted by Crippen LogP contribution is 2.44. The van der Waals surface area contributed by atoms with E-state index in [4.69, 9.17) is 4.98 Å². The van der Waals surface area contributed by atoms with E-state index < -0.39 is 0 Å². The van der Waals surface area contributed by atoms with Crippen molar-refractivity contribution in [2.24, 2.45) is 0 Å². The third-order valence-corrected chi connectivity index (χ3v) is 4.85. The summed E-state index contributed by atoms with van der Waals surface area (Å²) < 4.78 is 0. The summed E-state index contributed by atoms with van der Waals surface area (Å²) in [5.74, 6) is 1.53. The highest BCUT2D eigenvalue weighted by Gasteiger charge is 2.29. The molecule has 1 nitrogen and oxygen atoms in total. The highest BCUT2D eigenvalue weighted by atomic mass is 32.1. The number of aromatic nitrogens is 1. The van der Waals surface area contributed by atoms with Crippen molar-refractivity contribution in [1.82, 2.24) is 4.98 Å². The molecule has 0 radical (unpaired) electrons. The van der Waals surface area contributed by atoms with Crippen LogP contribution in [-0.4, -0.2) is 4.98 Å². The van der Waals surface area contributed by atoms with Gasteiger partial charge in [-0.1, -0.05) is 24.3 Å². The number of benzene rings is 1. The second kappa shape index (κ2) is 4.46. The lowest BCUT2D eigenvalue weighted by Crippen LogP contribution is -1.85. The summed E-state index contributed by atoms with van der Waals surface area (Å²) in [6.07, 6.45) is 2.61. The maximum Gasteiger partial charge on any atom is 0.124 e. The highest BCUT2D eigenvalue weighted by molar-refractivity contribution is 7.79. The van der Waals surface area contributed by atoms with Gasteiger partial charge in [-0.15, -0.1) is 11.3 Å². The van der Waals surface area contributed by atoms with Crippen LogP contribution in [0.15, 0.2) is 24.3 Å². The first-order chi connectivity index (χ1) is 8.29. The van der Waals surface area contributed by atoms with Crippen LogP contribution in [0.5, 0.6) is 0 Å². The maximum absolute atomic E-state index is 4.84. The molecule has 1 aliphatic rings. The van der Waals surface area contributed by atoms with E-state index in [1.54, 1.807) is 0 Å². The number of hydrogen-bond acceptors (Lipinski definition) is 3. The van der Waals surface area contributed by atoms with Gasteiger partial charge in [0.2, 0.25) is 0 Å². The van der Waals surface area contributed by atoms with E-state index in [-0.39, 0.29) is 0 Å². The third kappa shape index (κ3) is 2.14. The topological polar surface area (TPSA) is 12.9 Å². The molecule has 1 aromatic carbocycles. The Kier molecular flexibility index (Phi) is 2.97. The number of nitrogens with zero attached hydrogens (tertiary/aromatic N) is 1. The third-order valence-electron chi connectivity index (χ3n) is 3.21. The molecule has 2 aromatic rings. The number of thiol groups is 1. The minimum absolute atomic E-state index is 0.714. The van der Waals surface area contributed by atoms with E-state index in [1.807, 2.05) is 11.3 Å². The molecular weight excluding hydrogens is 246 g/mol. The largest absolute Gasteiger partial charge is 0.240 e. The first kappa shape index (κ1) is 11.3. The van der Waals surface area contributed by atoms with Gasteiger partial charge < -0.3 is 0 Å². The quantitative estimate of drug-likeness (QED) is 0.807. The number of hydrogen-bond donors (Lipinski definition) is 1. The van der Waals surface area contributed by atoms with Crippen molar-refractivity contribution in [3.05, 3.63) is 40.4 Å². The second-order valence-electron chi connectivity index (χ2n) is 4.57. The molecule has 3 heteroatoms. The second-order valence-corrected chi connectivity index (χ2v) is 5.97. The molecule has 0 amide bonds. The minimum atomic E-state index is 0.714. The zero-order valence-electron chi connectivity index (χ0n) is 9.81. The van der Waals surface area contributed by atoms with Crippen molar-refractivity contribution in [2.45, 2.75) is 31.4 Å². The molecule has 1 aliphatic carbocycles. The Morgan fingerprint density at radius 1 is 1.35 bits per heavy atom. The van der Waals surface area contributed by atoms with Crippen molar-refractivity contribution in [2.75, 3.05) is 0 Å². The molecule has 17 heavy (non-hydrogen) atoms. The fourth-order valence-corrected chi connectivity index (χ4v) is 3.53. The van der Waals surface area contributed by atoms with Gasteiger partial charge in [-0.3, -0.25) is 0 Å². The van der Waals surface area contributed by atoms with Crippen molar-refractivity contribution < 1.29 is 0 Å². The SMILES string of the molecule is Cc1ccccc1-c1nc(C2CC2)c(CS)s1. The maximum atomic E-state index is 4.84. The van der Waals surface area contributed by atoms with Gasteiger partial charge in [-0.05, 0) is 25.3 Å². The van der Waals surface area contributed by atoms with Crippen LogP contribution in [-0.2, 0) is 5.75 Å². The molecule has 3 rings (SSSR count).